The molecule has 0 fully saturated rings. The first-order valence-electron chi connectivity index (χ1n) is 7.21. The standard InChI is InChI=1S/C16H13N5O2S/c1-9-3-5-11(24-2)7-12(9)15-17-14(20-23-15)10-4-6-13-18-19-16(22)21(13)8-10/h3-8H,1-2H3,(H,19,22). The zero-order chi connectivity index (χ0) is 16.7. The largest absolute Gasteiger partial charge is 0.347 e. The van der Waals surface area contributed by atoms with E-state index < -0.39 is 0 Å². The summed E-state index contributed by atoms with van der Waals surface area (Å²) >= 11 is 1.66. The Morgan fingerprint density at radius 3 is 2.96 bits per heavy atom. The van der Waals surface area contributed by atoms with Gasteiger partial charge in [-0.05, 0) is 43.0 Å². The number of aromatic amines is 1. The number of fused-ring (bicyclic) bond motifs is 1. The fraction of sp³-hybridized carbons (Fsp3) is 0.125. The van der Waals surface area contributed by atoms with Crippen molar-refractivity contribution in [1.82, 2.24) is 24.7 Å². The average Bonchev–Trinajstić information content (AvgIpc) is 3.23. The zero-order valence-electron chi connectivity index (χ0n) is 13.0. The summed E-state index contributed by atoms with van der Waals surface area (Å²) in [5, 5.41) is 10.3. The van der Waals surface area contributed by atoms with E-state index in [0.29, 0.717) is 22.9 Å². The molecule has 1 aromatic carbocycles. The highest BCUT2D eigenvalue weighted by Crippen LogP contribution is 2.28. The van der Waals surface area contributed by atoms with Crippen molar-refractivity contribution in [1.29, 1.82) is 0 Å². The number of benzene rings is 1. The summed E-state index contributed by atoms with van der Waals surface area (Å²) < 4.78 is 6.84. The van der Waals surface area contributed by atoms with Gasteiger partial charge in [-0.2, -0.15) is 10.1 Å². The van der Waals surface area contributed by atoms with Crippen molar-refractivity contribution in [2.24, 2.45) is 0 Å². The van der Waals surface area contributed by atoms with Crippen molar-refractivity contribution in [2.75, 3.05) is 6.26 Å². The molecular weight excluding hydrogens is 326 g/mol. The average molecular weight is 339 g/mol. The third-order valence-corrected chi connectivity index (χ3v) is 4.50. The summed E-state index contributed by atoms with van der Waals surface area (Å²) in [5.41, 5.74) is 2.88. The SMILES string of the molecule is CSc1ccc(C)c(-c2nc(-c3ccc4n[nH]c(=O)n4c3)no2)c1. The molecule has 8 heteroatoms. The lowest BCUT2D eigenvalue weighted by Crippen LogP contribution is -2.08. The number of pyridine rings is 1. The molecule has 0 aliphatic heterocycles. The molecule has 0 bridgehead atoms. The molecule has 1 N–H and O–H groups in total. The van der Waals surface area contributed by atoms with Crippen LogP contribution in [0, 0.1) is 6.92 Å². The minimum atomic E-state index is -0.306. The maximum absolute atomic E-state index is 11.7. The Labute approximate surface area is 140 Å². The summed E-state index contributed by atoms with van der Waals surface area (Å²) in [6.07, 6.45) is 3.66. The molecule has 0 unspecified atom stereocenters. The van der Waals surface area contributed by atoms with E-state index in [0.717, 1.165) is 16.0 Å². The van der Waals surface area contributed by atoms with Crippen LogP contribution in [-0.2, 0) is 0 Å². The fourth-order valence-corrected chi connectivity index (χ4v) is 2.89. The van der Waals surface area contributed by atoms with Gasteiger partial charge < -0.3 is 4.52 Å². The Bertz CT molecular complexity index is 1100. The van der Waals surface area contributed by atoms with E-state index in [9.17, 15) is 4.79 Å². The van der Waals surface area contributed by atoms with Crippen LogP contribution >= 0.6 is 11.8 Å². The first kappa shape index (κ1) is 14.7. The van der Waals surface area contributed by atoms with Crippen molar-refractivity contribution in [3.8, 4) is 22.8 Å². The molecule has 4 rings (SSSR count). The van der Waals surface area contributed by atoms with E-state index in [2.05, 4.69) is 26.4 Å². The Balaban J connectivity index is 1.79. The van der Waals surface area contributed by atoms with E-state index in [1.165, 1.54) is 4.40 Å². The first-order valence-corrected chi connectivity index (χ1v) is 8.44. The van der Waals surface area contributed by atoms with Crippen LogP contribution in [0.15, 0.2) is 50.7 Å². The highest BCUT2D eigenvalue weighted by atomic mass is 32.2. The third kappa shape index (κ3) is 2.41. The number of rotatable bonds is 3. The number of hydrogen-bond acceptors (Lipinski definition) is 6. The molecule has 0 atom stereocenters. The Morgan fingerprint density at radius 2 is 2.12 bits per heavy atom. The van der Waals surface area contributed by atoms with Gasteiger partial charge in [0, 0.05) is 22.2 Å². The second-order valence-corrected chi connectivity index (χ2v) is 6.16. The normalized spacial score (nSPS) is 11.2. The lowest BCUT2D eigenvalue weighted by Gasteiger charge is -2.02. The number of hydrogen-bond donors (Lipinski definition) is 1. The molecule has 4 aromatic rings. The van der Waals surface area contributed by atoms with Gasteiger partial charge in [0.2, 0.25) is 5.82 Å². The van der Waals surface area contributed by atoms with E-state index in [4.69, 9.17) is 4.52 Å². The first-order chi connectivity index (χ1) is 11.7. The summed E-state index contributed by atoms with van der Waals surface area (Å²) in [4.78, 5) is 17.3. The van der Waals surface area contributed by atoms with Crippen LogP contribution in [-0.4, -0.2) is 31.0 Å². The monoisotopic (exact) mass is 339 g/mol. The van der Waals surface area contributed by atoms with Gasteiger partial charge in [0.05, 0.1) is 0 Å². The van der Waals surface area contributed by atoms with Gasteiger partial charge in [-0.15, -0.1) is 11.8 Å². The zero-order valence-corrected chi connectivity index (χ0v) is 13.8. The van der Waals surface area contributed by atoms with Crippen molar-refractivity contribution in [2.45, 2.75) is 11.8 Å². The van der Waals surface area contributed by atoms with Crippen LogP contribution in [0.4, 0.5) is 0 Å². The molecule has 0 amide bonds. The maximum Gasteiger partial charge on any atom is 0.347 e. The molecular formula is C16H13N5O2S. The van der Waals surface area contributed by atoms with Crippen LogP contribution in [0.2, 0.25) is 0 Å². The second kappa shape index (κ2) is 5.64. The maximum atomic E-state index is 11.7. The number of H-pyrrole nitrogens is 1. The van der Waals surface area contributed by atoms with Gasteiger partial charge in [0.1, 0.15) is 0 Å². The Morgan fingerprint density at radius 1 is 1.25 bits per heavy atom. The lowest BCUT2D eigenvalue weighted by molar-refractivity contribution is 0.432. The predicted octanol–water partition coefficient (Wildman–Crippen LogP) is 2.77. The van der Waals surface area contributed by atoms with Gasteiger partial charge in [0.15, 0.2) is 5.65 Å². The van der Waals surface area contributed by atoms with Crippen LogP contribution < -0.4 is 5.69 Å². The molecule has 0 aliphatic rings. The quantitative estimate of drug-likeness (QED) is 0.577. The van der Waals surface area contributed by atoms with Crippen molar-refractivity contribution < 1.29 is 4.52 Å². The highest BCUT2D eigenvalue weighted by Gasteiger charge is 2.14. The number of nitrogens with one attached hydrogen (secondary N) is 1. The van der Waals surface area contributed by atoms with Gasteiger partial charge in [-0.25, -0.2) is 14.3 Å². The smallest absolute Gasteiger partial charge is 0.334 e. The number of aryl methyl sites for hydroxylation is 1. The van der Waals surface area contributed by atoms with Crippen LogP contribution in [0.3, 0.4) is 0 Å². The molecule has 0 saturated heterocycles. The van der Waals surface area contributed by atoms with Gasteiger partial charge >= 0.3 is 5.69 Å². The van der Waals surface area contributed by atoms with Gasteiger partial charge in [-0.1, -0.05) is 11.2 Å². The number of aromatic nitrogens is 5. The minimum absolute atomic E-state index is 0.306. The van der Waals surface area contributed by atoms with E-state index in [1.807, 2.05) is 25.3 Å². The van der Waals surface area contributed by atoms with Crippen molar-refractivity contribution in [3.05, 3.63) is 52.6 Å². The summed E-state index contributed by atoms with van der Waals surface area (Å²) in [5.74, 6) is 0.881. The second-order valence-electron chi connectivity index (χ2n) is 5.28. The van der Waals surface area contributed by atoms with E-state index in [-0.39, 0.29) is 5.69 Å². The van der Waals surface area contributed by atoms with Gasteiger partial charge in [0.25, 0.3) is 5.89 Å². The molecule has 24 heavy (non-hydrogen) atoms. The Kier molecular flexibility index (Phi) is 3.46. The summed E-state index contributed by atoms with van der Waals surface area (Å²) in [6, 6.07) is 9.64. The predicted molar refractivity (Wildman–Crippen MR) is 91.1 cm³/mol. The number of thioether (sulfide) groups is 1. The van der Waals surface area contributed by atoms with Crippen molar-refractivity contribution >= 4 is 17.4 Å². The van der Waals surface area contributed by atoms with E-state index in [1.54, 1.807) is 30.1 Å². The van der Waals surface area contributed by atoms with Crippen LogP contribution in [0.25, 0.3) is 28.5 Å². The van der Waals surface area contributed by atoms with Crippen LogP contribution in [0.5, 0.6) is 0 Å². The highest BCUT2D eigenvalue weighted by molar-refractivity contribution is 7.98. The lowest BCUT2D eigenvalue weighted by atomic mass is 10.1. The molecule has 0 saturated carbocycles. The molecule has 7 nitrogen and oxygen atoms in total. The van der Waals surface area contributed by atoms with E-state index >= 15 is 0 Å². The molecule has 0 radical (unpaired) electrons. The summed E-state index contributed by atoms with van der Waals surface area (Å²) in [7, 11) is 0. The molecule has 120 valence electrons. The third-order valence-electron chi connectivity index (χ3n) is 3.77. The van der Waals surface area contributed by atoms with Crippen LogP contribution in [0.1, 0.15) is 5.56 Å². The van der Waals surface area contributed by atoms with Crippen molar-refractivity contribution in [3.63, 3.8) is 0 Å². The molecule has 0 spiro atoms. The number of nitrogens with zero attached hydrogens (tertiary/aromatic N) is 4. The fourth-order valence-electron chi connectivity index (χ4n) is 2.45. The molecule has 3 heterocycles. The minimum Gasteiger partial charge on any atom is -0.334 e. The summed E-state index contributed by atoms with van der Waals surface area (Å²) in [6.45, 7) is 2.00. The topological polar surface area (TPSA) is 89.1 Å². The molecule has 0 aliphatic carbocycles. The Hall–Kier alpha value is -2.87. The van der Waals surface area contributed by atoms with Gasteiger partial charge in [-0.3, -0.25) is 0 Å². The molecule has 3 aromatic heterocycles.